The summed E-state index contributed by atoms with van der Waals surface area (Å²) in [6.45, 7) is 5.07. The molecule has 2 heterocycles. The van der Waals surface area contributed by atoms with E-state index in [1.807, 2.05) is 13.0 Å². The number of hydrogen-bond acceptors (Lipinski definition) is 3. The topological polar surface area (TPSA) is 40.5 Å². The van der Waals surface area contributed by atoms with Crippen LogP contribution in [0.5, 0.6) is 0 Å². The normalized spacial score (nSPS) is 27.2. The van der Waals surface area contributed by atoms with Crippen molar-refractivity contribution in [2.45, 2.75) is 38.8 Å². The maximum absolute atomic E-state index is 11.4. The molecule has 1 N–H and O–H groups in total. The predicted octanol–water partition coefficient (Wildman–Crippen LogP) is 2.99. The van der Waals surface area contributed by atoms with Gasteiger partial charge in [-0.05, 0) is 36.8 Å². The molecule has 0 aromatic carbocycles. The first kappa shape index (κ1) is 12.6. The largest absolute Gasteiger partial charge is 0.480 e. The van der Waals surface area contributed by atoms with Crippen LogP contribution in [0.2, 0.25) is 0 Å². The van der Waals surface area contributed by atoms with Crippen molar-refractivity contribution in [1.29, 1.82) is 0 Å². The second kappa shape index (κ2) is 5.19. The fraction of sp³-hybridized carbons (Fsp3) is 0.615. The Morgan fingerprint density at radius 2 is 2.47 bits per heavy atom. The third-order valence-corrected chi connectivity index (χ3v) is 4.62. The average Bonchev–Trinajstić information content (AvgIpc) is 2.90. The summed E-state index contributed by atoms with van der Waals surface area (Å²) in [6, 6.07) is 4.10. The molecule has 0 saturated carbocycles. The minimum Gasteiger partial charge on any atom is -0.480 e. The molecule has 0 radical (unpaired) electrons. The van der Waals surface area contributed by atoms with Gasteiger partial charge in [0.1, 0.15) is 6.04 Å². The first-order chi connectivity index (χ1) is 8.15. The molecule has 1 aromatic rings. The van der Waals surface area contributed by atoms with E-state index in [1.54, 1.807) is 11.3 Å². The number of likely N-dealkylation sites (tertiary alicyclic amines) is 1. The van der Waals surface area contributed by atoms with Gasteiger partial charge in [0, 0.05) is 10.9 Å². The van der Waals surface area contributed by atoms with E-state index in [4.69, 9.17) is 0 Å². The predicted molar refractivity (Wildman–Crippen MR) is 69.3 cm³/mol. The van der Waals surface area contributed by atoms with Crippen LogP contribution < -0.4 is 0 Å². The molecule has 1 aromatic heterocycles. The molecule has 0 spiro atoms. The summed E-state index contributed by atoms with van der Waals surface area (Å²) in [7, 11) is 0. The number of hydrogen-bond donors (Lipinski definition) is 1. The SMILES string of the molecule is CCC(c1cccs1)N1CCC(C)C1C(=O)O. The molecule has 3 unspecified atom stereocenters. The molecule has 2 rings (SSSR count). The molecule has 0 amide bonds. The summed E-state index contributed by atoms with van der Waals surface area (Å²) < 4.78 is 0. The Kier molecular flexibility index (Phi) is 3.84. The van der Waals surface area contributed by atoms with Crippen LogP contribution in [0.4, 0.5) is 0 Å². The van der Waals surface area contributed by atoms with Crippen LogP contribution in [-0.2, 0) is 4.79 Å². The lowest BCUT2D eigenvalue weighted by Gasteiger charge is -2.30. The molecule has 4 heteroatoms. The Balaban J connectivity index is 2.22. The molecule has 1 aliphatic rings. The van der Waals surface area contributed by atoms with Crippen molar-refractivity contribution in [3.63, 3.8) is 0 Å². The Morgan fingerprint density at radius 1 is 1.71 bits per heavy atom. The maximum atomic E-state index is 11.4. The summed E-state index contributed by atoms with van der Waals surface area (Å²) in [6.07, 6.45) is 1.95. The Bertz CT molecular complexity index is 377. The number of rotatable bonds is 4. The summed E-state index contributed by atoms with van der Waals surface area (Å²) >= 11 is 1.72. The van der Waals surface area contributed by atoms with E-state index < -0.39 is 5.97 Å². The molecule has 0 bridgehead atoms. The molecular weight excluding hydrogens is 234 g/mol. The minimum absolute atomic E-state index is 0.251. The highest BCUT2D eigenvalue weighted by molar-refractivity contribution is 7.10. The van der Waals surface area contributed by atoms with Crippen LogP contribution in [-0.4, -0.2) is 28.6 Å². The molecule has 17 heavy (non-hydrogen) atoms. The average molecular weight is 253 g/mol. The van der Waals surface area contributed by atoms with Gasteiger partial charge >= 0.3 is 5.97 Å². The van der Waals surface area contributed by atoms with Crippen LogP contribution in [0.1, 0.15) is 37.6 Å². The van der Waals surface area contributed by atoms with E-state index in [2.05, 4.69) is 23.3 Å². The smallest absolute Gasteiger partial charge is 0.321 e. The van der Waals surface area contributed by atoms with Gasteiger partial charge in [0.25, 0.3) is 0 Å². The van der Waals surface area contributed by atoms with Gasteiger partial charge in [0.05, 0.1) is 0 Å². The molecule has 0 aliphatic carbocycles. The molecule has 94 valence electrons. The highest BCUT2D eigenvalue weighted by Crippen LogP contribution is 2.36. The van der Waals surface area contributed by atoms with Gasteiger partial charge in [0.2, 0.25) is 0 Å². The second-order valence-corrected chi connectivity index (χ2v) is 5.71. The summed E-state index contributed by atoms with van der Waals surface area (Å²) in [5.41, 5.74) is 0. The van der Waals surface area contributed by atoms with E-state index in [-0.39, 0.29) is 18.0 Å². The molecular formula is C13H19NO2S. The molecule has 3 nitrogen and oxygen atoms in total. The summed E-state index contributed by atoms with van der Waals surface area (Å²) in [5, 5.41) is 11.4. The van der Waals surface area contributed by atoms with Crippen molar-refractivity contribution < 1.29 is 9.90 Å². The standard InChI is InChI=1S/C13H19NO2S/c1-3-10(11-5-4-8-17-11)14-7-6-9(2)12(14)13(15)16/h4-5,8-10,12H,3,6-7H2,1-2H3,(H,15,16). The molecule has 1 saturated heterocycles. The number of thiophene rings is 1. The van der Waals surface area contributed by atoms with Crippen LogP contribution in [0.3, 0.4) is 0 Å². The van der Waals surface area contributed by atoms with E-state index >= 15 is 0 Å². The van der Waals surface area contributed by atoms with Crippen LogP contribution in [0.15, 0.2) is 17.5 Å². The van der Waals surface area contributed by atoms with Gasteiger partial charge in [-0.1, -0.05) is 19.9 Å². The Hall–Kier alpha value is -0.870. The fourth-order valence-electron chi connectivity index (χ4n) is 2.79. The first-order valence-electron chi connectivity index (χ1n) is 6.17. The van der Waals surface area contributed by atoms with Crippen molar-refractivity contribution in [3.05, 3.63) is 22.4 Å². The number of carboxylic acids is 1. The number of carboxylic acid groups (broad SMARTS) is 1. The number of nitrogens with zero attached hydrogens (tertiary/aromatic N) is 1. The molecule has 1 fully saturated rings. The quantitative estimate of drug-likeness (QED) is 0.896. The van der Waals surface area contributed by atoms with Crippen LogP contribution in [0, 0.1) is 5.92 Å². The lowest BCUT2D eigenvalue weighted by Crippen LogP contribution is -2.40. The van der Waals surface area contributed by atoms with Gasteiger partial charge in [-0.15, -0.1) is 11.3 Å². The number of carbonyl (C=O) groups is 1. The minimum atomic E-state index is -0.676. The van der Waals surface area contributed by atoms with Gasteiger partial charge in [-0.3, -0.25) is 9.69 Å². The lowest BCUT2D eigenvalue weighted by atomic mass is 10.0. The molecule has 3 atom stereocenters. The lowest BCUT2D eigenvalue weighted by molar-refractivity contribution is -0.144. The van der Waals surface area contributed by atoms with E-state index in [9.17, 15) is 9.90 Å². The maximum Gasteiger partial charge on any atom is 0.321 e. The monoisotopic (exact) mass is 253 g/mol. The van der Waals surface area contributed by atoms with E-state index in [1.165, 1.54) is 4.88 Å². The second-order valence-electron chi connectivity index (χ2n) is 4.73. The van der Waals surface area contributed by atoms with Crippen molar-refractivity contribution >= 4 is 17.3 Å². The summed E-state index contributed by atoms with van der Waals surface area (Å²) in [4.78, 5) is 14.8. The fourth-order valence-corrected chi connectivity index (χ4v) is 3.72. The van der Waals surface area contributed by atoms with E-state index in [0.717, 1.165) is 19.4 Å². The third kappa shape index (κ3) is 2.38. The van der Waals surface area contributed by atoms with Crippen molar-refractivity contribution in [2.24, 2.45) is 5.92 Å². The summed E-state index contributed by atoms with van der Waals surface area (Å²) in [5.74, 6) is -0.425. The van der Waals surface area contributed by atoms with Gasteiger partial charge in [-0.2, -0.15) is 0 Å². The van der Waals surface area contributed by atoms with Crippen LogP contribution >= 0.6 is 11.3 Å². The third-order valence-electron chi connectivity index (χ3n) is 3.65. The first-order valence-corrected chi connectivity index (χ1v) is 7.05. The zero-order valence-corrected chi connectivity index (χ0v) is 11.1. The Labute approximate surface area is 106 Å². The highest BCUT2D eigenvalue weighted by Gasteiger charge is 2.40. The highest BCUT2D eigenvalue weighted by atomic mass is 32.1. The van der Waals surface area contributed by atoms with Crippen molar-refractivity contribution in [2.75, 3.05) is 6.54 Å². The Morgan fingerprint density at radius 3 is 3.00 bits per heavy atom. The number of aliphatic carboxylic acids is 1. The molecule has 1 aliphatic heterocycles. The van der Waals surface area contributed by atoms with Crippen molar-refractivity contribution in [3.8, 4) is 0 Å². The zero-order chi connectivity index (χ0) is 12.4. The van der Waals surface area contributed by atoms with Gasteiger partial charge in [-0.25, -0.2) is 0 Å². The van der Waals surface area contributed by atoms with Crippen molar-refractivity contribution in [1.82, 2.24) is 4.90 Å². The van der Waals surface area contributed by atoms with Crippen LogP contribution in [0.25, 0.3) is 0 Å². The van der Waals surface area contributed by atoms with Gasteiger partial charge < -0.3 is 5.11 Å². The van der Waals surface area contributed by atoms with Gasteiger partial charge in [0.15, 0.2) is 0 Å². The van der Waals surface area contributed by atoms with E-state index in [0.29, 0.717) is 0 Å². The zero-order valence-electron chi connectivity index (χ0n) is 10.3.